The largest absolute Gasteiger partial charge is 0.426 e. The lowest BCUT2D eigenvalue weighted by atomic mass is 9.83. The van der Waals surface area contributed by atoms with Crippen molar-refractivity contribution in [2.45, 2.75) is 13.3 Å². The predicted octanol–water partition coefficient (Wildman–Crippen LogP) is 7.23. The summed E-state index contributed by atoms with van der Waals surface area (Å²) in [6.07, 6.45) is 0.360. The maximum atomic E-state index is 12.1. The monoisotopic (exact) mass is 372 g/mol. The average molecular weight is 372 g/mol. The SMILES string of the molecule is CCC(=O)Oc1cc2ccc3ccc4ccc5ccc6ccc1c1c6c5c4c3c21. The number of rotatable bonds is 2. The Morgan fingerprint density at radius 3 is 1.55 bits per heavy atom. The zero-order chi connectivity index (χ0) is 19.3. The van der Waals surface area contributed by atoms with Crippen molar-refractivity contribution in [3.8, 4) is 5.75 Å². The second-order valence-electron chi connectivity index (χ2n) is 7.94. The first-order chi connectivity index (χ1) is 14.2. The first kappa shape index (κ1) is 15.3. The van der Waals surface area contributed by atoms with E-state index in [9.17, 15) is 4.79 Å². The van der Waals surface area contributed by atoms with Crippen LogP contribution in [-0.4, -0.2) is 5.97 Å². The minimum Gasteiger partial charge on any atom is -0.426 e. The number of benzene rings is 7. The van der Waals surface area contributed by atoms with Gasteiger partial charge in [0.15, 0.2) is 0 Å². The Bertz CT molecular complexity index is 1670. The summed E-state index contributed by atoms with van der Waals surface area (Å²) >= 11 is 0. The van der Waals surface area contributed by atoms with Gasteiger partial charge in [0.25, 0.3) is 0 Å². The first-order valence-corrected chi connectivity index (χ1v) is 10.1. The van der Waals surface area contributed by atoms with Gasteiger partial charge in [0, 0.05) is 17.2 Å². The van der Waals surface area contributed by atoms with Crippen molar-refractivity contribution in [3.05, 3.63) is 66.7 Å². The van der Waals surface area contributed by atoms with Gasteiger partial charge in [-0.25, -0.2) is 0 Å². The molecule has 29 heavy (non-hydrogen) atoms. The maximum Gasteiger partial charge on any atom is 0.310 e. The quantitative estimate of drug-likeness (QED) is 0.138. The molecule has 0 unspecified atom stereocenters. The molecule has 0 atom stereocenters. The number of hydrogen-bond donors (Lipinski definition) is 0. The Balaban J connectivity index is 1.87. The van der Waals surface area contributed by atoms with Crippen LogP contribution in [0.4, 0.5) is 0 Å². The fourth-order valence-corrected chi connectivity index (χ4v) is 5.23. The Hall–Kier alpha value is -3.65. The smallest absolute Gasteiger partial charge is 0.310 e. The van der Waals surface area contributed by atoms with E-state index in [1.165, 1.54) is 53.9 Å². The van der Waals surface area contributed by atoms with Crippen molar-refractivity contribution in [1.29, 1.82) is 0 Å². The lowest BCUT2D eigenvalue weighted by molar-refractivity contribution is -0.133. The summed E-state index contributed by atoms with van der Waals surface area (Å²) in [6, 6.07) is 23.9. The molecule has 2 nitrogen and oxygen atoms in total. The van der Waals surface area contributed by atoms with E-state index >= 15 is 0 Å². The predicted molar refractivity (Wildman–Crippen MR) is 121 cm³/mol. The van der Waals surface area contributed by atoms with Crippen LogP contribution >= 0.6 is 0 Å². The second kappa shape index (κ2) is 5.03. The van der Waals surface area contributed by atoms with E-state index < -0.39 is 0 Å². The lowest BCUT2D eigenvalue weighted by Crippen LogP contribution is -2.06. The van der Waals surface area contributed by atoms with E-state index in [2.05, 4.69) is 60.7 Å². The van der Waals surface area contributed by atoms with Crippen molar-refractivity contribution in [3.63, 3.8) is 0 Å². The number of esters is 1. The molecule has 0 aliphatic rings. The molecule has 7 aromatic rings. The third-order valence-corrected chi connectivity index (χ3v) is 6.48. The van der Waals surface area contributed by atoms with Crippen molar-refractivity contribution >= 4 is 70.6 Å². The fourth-order valence-electron chi connectivity index (χ4n) is 5.23. The summed E-state index contributed by atoms with van der Waals surface area (Å²) < 4.78 is 5.78. The molecule has 0 spiro atoms. The van der Waals surface area contributed by atoms with Crippen LogP contribution in [0.3, 0.4) is 0 Å². The molecule has 0 aromatic heterocycles. The van der Waals surface area contributed by atoms with Crippen LogP contribution < -0.4 is 4.74 Å². The highest BCUT2D eigenvalue weighted by molar-refractivity contribution is 6.44. The highest BCUT2D eigenvalue weighted by Gasteiger charge is 2.22. The van der Waals surface area contributed by atoms with Gasteiger partial charge >= 0.3 is 5.97 Å². The number of carbonyl (C=O) groups is 1. The molecule has 2 heteroatoms. The third kappa shape index (κ3) is 1.75. The van der Waals surface area contributed by atoms with Gasteiger partial charge in [-0.15, -0.1) is 0 Å². The molecule has 0 amide bonds. The third-order valence-electron chi connectivity index (χ3n) is 6.48. The summed E-state index contributed by atoms with van der Waals surface area (Å²) in [6.45, 7) is 1.83. The molecule has 7 rings (SSSR count). The molecule has 0 N–H and O–H groups in total. The van der Waals surface area contributed by atoms with Gasteiger partial charge in [-0.3, -0.25) is 4.79 Å². The van der Waals surface area contributed by atoms with Gasteiger partial charge in [0.2, 0.25) is 0 Å². The van der Waals surface area contributed by atoms with E-state index in [-0.39, 0.29) is 5.97 Å². The first-order valence-electron chi connectivity index (χ1n) is 10.1. The molecule has 0 aliphatic carbocycles. The van der Waals surface area contributed by atoms with E-state index in [1.807, 2.05) is 13.0 Å². The standard InChI is InChI=1S/C27H16O2/c1-2-21(28)29-20-13-18-10-9-16-6-4-14-3-5-15-7-8-17-11-12-19(20)27-25(17)23(15)22(14)24(16)26(18)27/h3-13H,2H2,1H3. The minimum atomic E-state index is -0.204. The summed E-state index contributed by atoms with van der Waals surface area (Å²) in [5.74, 6) is 0.453. The Morgan fingerprint density at radius 1 is 0.621 bits per heavy atom. The van der Waals surface area contributed by atoms with Gasteiger partial charge in [0.05, 0.1) is 0 Å². The number of ether oxygens (including phenoxy) is 1. The maximum absolute atomic E-state index is 12.1. The molecule has 136 valence electrons. The highest BCUT2D eigenvalue weighted by Crippen LogP contribution is 2.49. The molecule has 0 saturated heterocycles. The molecule has 0 bridgehead atoms. The Morgan fingerprint density at radius 2 is 1.03 bits per heavy atom. The van der Waals surface area contributed by atoms with E-state index in [4.69, 9.17) is 4.74 Å². The number of hydrogen-bond acceptors (Lipinski definition) is 2. The van der Waals surface area contributed by atoms with Crippen LogP contribution in [0.2, 0.25) is 0 Å². The zero-order valence-electron chi connectivity index (χ0n) is 15.9. The van der Waals surface area contributed by atoms with Crippen LogP contribution in [0.5, 0.6) is 5.75 Å². The van der Waals surface area contributed by atoms with Gasteiger partial charge in [-0.1, -0.05) is 61.5 Å². The molecule has 7 aromatic carbocycles. The Kier molecular flexibility index (Phi) is 2.66. The normalized spacial score (nSPS) is 12.6. The fraction of sp³-hybridized carbons (Fsp3) is 0.0741. The molecule has 0 radical (unpaired) electrons. The van der Waals surface area contributed by atoms with E-state index in [0.717, 1.165) is 10.8 Å². The van der Waals surface area contributed by atoms with Crippen LogP contribution in [-0.2, 0) is 4.79 Å². The van der Waals surface area contributed by atoms with E-state index in [1.54, 1.807) is 0 Å². The van der Waals surface area contributed by atoms with Gasteiger partial charge < -0.3 is 4.74 Å². The van der Waals surface area contributed by atoms with Crippen LogP contribution in [0.25, 0.3) is 64.6 Å². The lowest BCUT2D eigenvalue weighted by Gasteiger charge is -2.21. The minimum absolute atomic E-state index is 0.204. The topological polar surface area (TPSA) is 26.3 Å². The second-order valence-corrected chi connectivity index (χ2v) is 7.94. The highest BCUT2D eigenvalue weighted by atomic mass is 16.5. The summed E-state index contributed by atoms with van der Waals surface area (Å²) in [5, 5.41) is 14.9. The van der Waals surface area contributed by atoms with Crippen molar-refractivity contribution < 1.29 is 9.53 Å². The number of carbonyl (C=O) groups excluding carboxylic acids is 1. The summed E-state index contributed by atoms with van der Waals surface area (Å²) in [4.78, 5) is 12.1. The molecular formula is C27H16O2. The molecule has 0 fully saturated rings. The van der Waals surface area contributed by atoms with Gasteiger partial charge in [-0.2, -0.15) is 0 Å². The van der Waals surface area contributed by atoms with Crippen molar-refractivity contribution in [1.82, 2.24) is 0 Å². The molecule has 0 saturated carbocycles. The molecular weight excluding hydrogens is 356 g/mol. The zero-order valence-corrected chi connectivity index (χ0v) is 15.9. The average Bonchev–Trinajstić information content (AvgIpc) is 2.77. The molecule has 0 aliphatic heterocycles. The summed E-state index contributed by atoms with van der Waals surface area (Å²) in [7, 11) is 0. The van der Waals surface area contributed by atoms with Crippen LogP contribution in [0.15, 0.2) is 66.7 Å². The van der Waals surface area contributed by atoms with Gasteiger partial charge in [-0.05, 0) is 66.0 Å². The van der Waals surface area contributed by atoms with Gasteiger partial charge in [0.1, 0.15) is 5.75 Å². The van der Waals surface area contributed by atoms with Crippen molar-refractivity contribution in [2.24, 2.45) is 0 Å². The van der Waals surface area contributed by atoms with E-state index in [0.29, 0.717) is 12.2 Å². The van der Waals surface area contributed by atoms with Crippen LogP contribution in [0, 0.1) is 0 Å². The molecule has 0 heterocycles. The Labute approximate surface area is 166 Å². The summed E-state index contributed by atoms with van der Waals surface area (Å²) in [5.41, 5.74) is 0. The van der Waals surface area contributed by atoms with Crippen molar-refractivity contribution in [2.75, 3.05) is 0 Å². The van der Waals surface area contributed by atoms with Crippen LogP contribution in [0.1, 0.15) is 13.3 Å².